The van der Waals surface area contributed by atoms with Gasteiger partial charge in [0.15, 0.2) is 8.32 Å². The maximum absolute atomic E-state index is 6.05. The molecule has 0 aromatic carbocycles. The van der Waals surface area contributed by atoms with Crippen molar-refractivity contribution in [2.24, 2.45) is 0 Å². The summed E-state index contributed by atoms with van der Waals surface area (Å²) in [5, 5.41) is 0. The quantitative estimate of drug-likeness (QED) is 0.496. The van der Waals surface area contributed by atoms with Crippen molar-refractivity contribution in [2.75, 3.05) is 0 Å². The predicted molar refractivity (Wildman–Crippen MR) is 60.4 cm³/mol. The minimum absolute atomic E-state index is 0.368. The zero-order chi connectivity index (χ0) is 9.90. The van der Waals surface area contributed by atoms with Crippen LogP contribution in [0.5, 0.6) is 0 Å². The second kappa shape index (κ2) is 4.42. The molecule has 1 atom stereocenters. The first-order chi connectivity index (χ1) is 5.99. The lowest BCUT2D eigenvalue weighted by Gasteiger charge is -2.27. The summed E-state index contributed by atoms with van der Waals surface area (Å²) in [6, 6.07) is 0. The van der Waals surface area contributed by atoms with Crippen molar-refractivity contribution in [3.8, 4) is 0 Å². The number of rotatable bonds is 3. The third-order valence-electron chi connectivity index (χ3n) is 2.38. The monoisotopic (exact) mass is 198 g/mol. The molecule has 0 N–H and O–H groups in total. The van der Waals surface area contributed by atoms with Crippen molar-refractivity contribution in [1.29, 1.82) is 0 Å². The van der Waals surface area contributed by atoms with E-state index in [-0.39, 0.29) is 0 Å². The average molecular weight is 198 g/mol. The third kappa shape index (κ3) is 4.10. The van der Waals surface area contributed by atoms with Crippen LogP contribution in [0.2, 0.25) is 19.6 Å². The molecule has 13 heavy (non-hydrogen) atoms. The number of hydrogen-bond acceptors (Lipinski definition) is 1. The molecule has 0 bridgehead atoms. The van der Waals surface area contributed by atoms with E-state index >= 15 is 0 Å². The summed E-state index contributed by atoms with van der Waals surface area (Å²) in [5.41, 5.74) is 1.54. The van der Waals surface area contributed by atoms with E-state index in [1.165, 1.54) is 31.3 Å². The van der Waals surface area contributed by atoms with Crippen molar-refractivity contribution in [3.63, 3.8) is 0 Å². The Kier molecular flexibility index (Phi) is 3.74. The minimum Gasteiger partial charge on any atom is -0.411 e. The third-order valence-corrected chi connectivity index (χ3v) is 3.44. The smallest absolute Gasteiger partial charge is 0.184 e. The summed E-state index contributed by atoms with van der Waals surface area (Å²) >= 11 is 0. The molecule has 76 valence electrons. The van der Waals surface area contributed by atoms with Crippen molar-refractivity contribution in [3.05, 3.63) is 11.6 Å². The van der Waals surface area contributed by atoms with E-state index in [2.05, 4.69) is 32.6 Å². The van der Waals surface area contributed by atoms with Gasteiger partial charge in [0.1, 0.15) is 0 Å². The fourth-order valence-corrected chi connectivity index (χ4v) is 3.05. The topological polar surface area (TPSA) is 9.23 Å². The Labute approximate surface area is 83.3 Å². The standard InChI is InChI=1S/C11H22OSi/c1-10(12-13(2,3)4)11-8-6-5-7-9-11/h8,10H,5-7,9H2,1-4H3. The van der Waals surface area contributed by atoms with Crippen LogP contribution >= 0.6 is 0 Å². The van der Waals surface area contributed by atoms with Crippen LogP contribution in [0.1, 0.15) is 32.6 Å². The van der Waals surface area contributed by atoms with Gasteiger partial charge in [-0.25, -0.2) is 0 Å². The van der Waals surface area contributed by atoms with Gasteiger partial charge in [0.05, 0.1) is 6.10 Å². The molecule has 0 saturated heterocycles. The molecule has 2 heteroatoms. The zero-order valence-corrected chi connectivity index (χ0v) is 10.4. The Morgan fingerprint density at radius 3 is 2.46 bits per heavy atom. The van der Waals surface area contributed by atoms with Crippen molar-refractivity contribution < 1.29 is 4.43 Å². The Morgan fingerprint density at radius 1 is 1.31 bits per heavy atom. The van der Waals surface area contributed by atoms with Crippen LogP contribution < -0.4 is 0 Å². The first-order valence-electron chi connectivity index (χ1n) is 5.36. The first-order valence-corrected chi connectivity index (χ1v) is 8.76. The normalized spacial score (nSPS) is 21.1. The molecular formula is C11H22OSi. The van der Waals surface area contributed by atoms with E-state index in [4.69, 9.17) is 4.43 Å². The molecule has 1 rings (SSSR count). The maximum Gasteiger partial charge on any atom is 0.184 e. The summed E-state index contributed by atoms with van der Waals surface area (Å²) < 4.78 is 6.05. The molecule has 1 aliphatic carbocycles. The highest BCUT2D eigenvalue weighted by molar-refractivity contribution is 6.69. The Bertz CT molecular complexity index is 191. The summed E-state index contributed by atoms with van der Waals surface area (Å²) in [6.45, 7) is 8.97. The van der Waals surface area contributed by atoms with Crippen LogP contribution in [0, 0.1) is 0 Å². The Morgan fingerprint density at radius 2 is 2.00 bits per heavy atom. The van der Waals surface area contributed by atoms with Crippen LogP contribution in [-0.2, 0) is 4.43 Å². The molecule has 0 amide bonds. The van der Waals surface area contributed by atoms with E-state index in [0.717, 1.165) is 0 Å². The highest BCUT2D eigenvalue weighted by atomic mass is 28.4. The summed E-state index contributed by atoms with van der Waals surface area (Å²) in [7, 11) is -1.35. The molecule has 0 aliphatic heterocycles. The van der Waals surface area contributed by atoms with Crippen molar-refractivity contribution in [2.45, 2.75) is 58.4 Å². The second-order valence-corrected chi connectivity index (χ2v) is 9.36. The number of hydrogen-bond donors (Lipinski definition) is 0. The van der Waals surface area contributed by atoms with Crippen LogP contribution in [0.4, 0.5) is 0 Å². The molecule has 0 aromatic heterocycles. The van der Waals surface area contributed by atoms with Gasteiger partial charge in [0.25, 0.3) is 0 Å². The van der Waals surface area contributed by atoms with E-state index < -0.39 is 8.32 Å². The average Bonchev–Trinajstić information content (AvgIpc) is 2.03. The van der Waals surface area contributed by atoms with Gasteiger partial charge in [-0.3, -0.25) is 0 Å². The van der Waals surface area contributed by atoms with E-state index in [0.29, 0.717) is 6.10 Å². The second-order valence-electron chi connectivity index (χ2n) is 4.90. The van der Waals surface area contributed by atoms with Crippen LogP contribution in [0.3, 0.4) is 0 Å². The zero-order valence-electron chi connectivity index (χ0n) is 9.39. The van der Waals surface area contributed by atoms with Gasteiger partial charge < -0.3 is 4.43 Å². The van der Waals surface area contributed by atoms with Gasteiger partial charge in [-0.1, -0.05) is 6.08 Å². The van der Waals surface area contributed by atoms with Crippen molar-refractivity contribution in [1.82, 2.24) is 0 Å². The van der Waals surface area contributed by atoms with E-state index in [9.17, 15) is 0 Å². The summed E-state index contributed by atoms with van der Waals surface area (Å²) in [6.07, 6.45) is 7.98. The van der Waals surface area contributed by atoms with Crippen LogP contribution in [-0.4, -0.2) is 14.4 Å². The predicted octanol–water partition coefficient (Wildman–Crippen LogP) is 3.73. The molecule has 0 radical (unpaired) electrons. The molecule has 1 aliphatic rings. The van der Waals surface area contributed by atoms with E-state index in [1.807, 2.05) is 0 Å². The Hall–Kier alpha value is -0.0831. The minimum atomic E-state index is -1.35. The molecule has 0 spiro atoms. The van der Waals surface area contributed by atoms with Gasteiger partial charge in [-0.2, -0.15) is 0 Å². The lowest BCUT2D eigenvalue weighted by Crippen LogP contribution is -2.31. The molecule has 0 fully saturated rings. The van der Waals surface area contributed by atoms with Gasteiger partial charge in [-0.05, 0) is 57.8 Å². The van der Waals surface area contributed by atoms with Crippen LogP contribution in [0.15, 0.2) is 11.6 Å². The van der Waals surface area contributed by atoms with Crippen LogP contribution in [0.25, 0.3) is 0 Å². The largest absolute Gasteiger partial charge is 0.411 e. The molecule has 0 heterocycles. The fourth-order valence-electron chi connectivity index (χ4n) is 1.84. The molecular weight excluding hydrogens is 176 g/mol. The van der Waals surface area contributed by atoms with Gasteiger partial charge in [-0.15, -0.1) is 0 Å². The molecule has 1 unspecified atom stereocenters. The maximum atomic E-state index is 6.05. The lowest BCUT2D eigenvalue weighted by atomic mass is 9.96. The molecule has 1 nitrogen and oxygen atoms in total. The Balaban J connectivity index is 2.47. The number of allylic oxidation sites excluding steroid dienone is 1. The highest BCUT2D eigenvalue weighted by Gasteiger charge is 2.20. The summed E-state index contributed by atoms with van der Waals surface area (Å²) in [4.78, 5) is 0. The van der Waals surface area contributed by atoms with Gasteiger partial charge in [0.2, 0.25) is 0 Å². The van der Waals surface area contributed by atoms with Gasteiger partial charge in [0, 0.05) is 0 Å². The molecule has 0 aromatic rings. The van der Waals surface area contributed by atoms with E-state index in [1.54, 1.807) is 0 Å². The molecule has 0 saturated carbocycles. The SMILES string of the molecule is CC(O[Si](C)(C)C)C1=CCCCC1. The highest BCUT2D eigenvalue weighted by Crippen LogP contribution is 2.23. The lowest BCUT2D eigenvalue weighted by molar-refractivity contribution is 0.242. The summed E-state index contributed by atoms with van der Waals surface area (Å²) in [5.74, 6) is 0. The van der Waals surface area contributed by atoms with Gasteiger partial charge >= 0.3 is 0 Å². The first kappa shape index (κ1) is 11.0. The van der Waals surface area contributed by atoms with Crippen molar-refractivity contribution >= 4 is 8.32 Å². The fraction of sp³-hybridized carbons (Fsp3) is 0.818.